The van der Waals surface area contributed by atoms with Crippen LogP contribution in [0.5, 0.6) is 0 Å². The van der Waals surface area contributed by atoms with Crippen LogP contribution in [0.4, 0.5) is 0 Å². The smallest absolute Gasteiger partial charge is 0.123 e. The number of hydrogen-bond acceptors (Lipinski definition) is 5. The summed E-state index contributed by atoms with van der Waals surface area (Å²) in [4.78, 5) is 8.26. The van der Waals surface area contributed by atoms with E-state index in [1.165, 1.54) is 4.88 Å². The fourth-order valence-corrected chi connectivity index (χ4v) is 3.10. The van der Waals surface area contributed by atoms with E-state index in [4.69, 9.17) is 4.74 Å². The largest absolute Gasteiger partial charge is 0.368 e. The molecule has 4 nitrogen and oxygen atoms in total. The fourth-order valence-electron chi connectivity index (χ4n) is 2.08. The molecule has 0 aromatic carbocycles. The van der Waals surface area contributed by atoms with Crippen LogP contribution in [0.2, 0.25) is 0 Å². The third-order valence-corrected chi connectivity index (χ3v) is 4.78. The molecule has 1 N–H and O–H groups in total. The van der Waals surface area contributed by atoms with Gasteiger partial charge in [0.1, 0.15) is 11.1 Å². The molecule has 2 rings (SSSR count). The van der Waals surface area contributed by atoms with Gasteiger partial charge < -0.3 is 10.1 Å². The molecular formula is C13H23N3OS. The predicted octanol–water partition coefficient (Wildman–Crippen LogP) is 2.21. The average Bonchev–Trinajstić information content (AvgIpc) is 2.87. The van der Waals surface area contributed by atoms with Crippen LogP contribution in [0, 0.1) is 0 Å². The monoisotopic (exact) mass is 269 g/mol. The van der Waals surface area contributed by atoms with E-state index in [1.54, 1.807) is 11.3 Å². The Hall–Kier alpha value is -0.490. The topological polar surface area (TPSA) is 37.4 Å². The van der Waals surface area contributed by atoms with Crippen molar-refractivity contribution in [3.05, 3.63) is 16.1 Å². The minimum atomic E-state index is 0.143. The second kappa shape index (κ2) is 6.10. The van der Waals surface area contributed by atoms with Gasteiger partial charge in [0, 0.05) is 36.2 Å². The summed E-state index contributed by atoms with van der Waals surface area (Å²) in [5, 5.41) is 4.35. The summed E-state index contributed by atoms with van der Waals surface area (Å²) in [5.41, 5.74) is 0. The van der Waals surface area contributed by atoms with E-state index in [9.17, 15) is 0 Å². The Balaban J connectivity index is 2.04. The first-order valence-electron chi connectivity index (χ1n) is 6.60. The maximum absolute atomic E-state index is 5.86. The molecule has 1 aromatic rings. The van der Waals surface area contributed by atoms with Gasteiger partial charge in [0.15, 0.2) is 0 Å². The first kappa shape index (κ1) is 13.9. The zero-order valence-electron chi connectivity index (χ0n) is 11.6. The molecule has 0 radical (unpaired) electrons. The van der Waals surface area contributed by atoms with Gasteiger partial charge in [-0.05, 0) is 27.8 Å². The summed E-state index contributed by atoms with van der Waals surface area (Å²) in [6.45, 7) is 9.41. The summed E-state index contributed by atoms with van der Waals surface area (Å²) in [5.74, 6) is 0. The van der Waals surface area contributed by atoms with Gasteiger partial charge in [-0.3, -0.25) is 4.90 Å². The van der Waals surface area contributed by atoms with Crippen molar-refractivity contribution < 1.29 is 4.74 Å². The molecule has 0 spiro atoms. The summed E-state index contributed by atoms with van der Waals surface area (Å²) < 4.78 is 5.86. The average molecular weight is 269 g/mol. The van der Waals surface area contributed by atoms with Crippen LogP contribution < -0.4 is 5.32 Å². The Bertz CT molecular complexity index is 380. The summed E-state index contributed by atoms with van der Waals surface area (Å²) in [6, 6.07) is 0.938. The molecule has 18 heavy (non-hydrogen) atoms. The van der Waals surface area contributed by atoms with E-state index in [2.05, 4.69) is 36.0 Å². The number of thiazole rings is 1. The molecule has 1 saturated heterocycles. The van der Waals surface area contributed by atoms with Crippen molar-refractivity contribution in [2.45, 2.75) is 39.0 Å². The Morgan fingerprint density at radius 2 is 2.28 bits per heavy atom. The van der Waals surface area contributed by atoms with Crippen molar-refractivity contribution >= 4 is 11.3 Å². The van der Waals surface area contributed by atoms with Crippen LogP contribution in [0.3, 0.4) is 0 Å². The molecule has 2 unspecified atom stereocenters. The van der Waals surface area contributed by atoms with E-state index in [1.807, 2.05) is 13.2 Å². The molecule has 5 heteroatoms. The number of nitrogens with one attached hydrogen (secondary N) is 1. The quantitative estimate of drug-likeness (QED) is 0.909. The normalized spacial score (nSPS) is 23.5. The third-order valence-electron chi connectivity index (χ3n) is 3.50. The SMILES string of the molecule is CNC(C)c1cnc(C2CN(C(C)C)CCO2)s1. The maximum atomic E-state index is 5.86. The zero-order chi connectivity index (χ0) is 13.1. The number of morpholine rings is 1. The van der Waals surface area contributed by atoms with Crippen LogP contribution in [-0.4, -0.2) is 42.7 Å². The standard InChI is InChI=1S/C13H23N3OS/c1-9(2)16-5-6-17-11(8-16)13-15-7-12(18-13)10(3)14-4/h7,9-11,14H,5-6,8H2,1-4H3. The van der Waals surface area contributed by atoms with Crippen molar-refractivity contribution in [2.75, 3.05) is 26.7 Å². The Morgan fingerprint density at radius 3 is 2.94 bits per heavy atom. The van der Waals surface area contributed by atoms with E-state index in [0.717, 1.165) is 24.7 Å². The first-order chi connectivity index (χ1) is 8.61. The molecule has 0 amide bonds. The van der Waals surface area contributed by atoms with Crippen LogP contribution in [0.15, 0.2) is 6.20 Å². The van der Waals surface area contributed by atoms with Crippen molar-refractivity contribution in [2.24, 2.45) is 0 Å². The molecule has 1 aliphatic heterocycles. The number of rotatable bonds is 4. The second-order valence-corrected chi connectivity index (χ2v) is 6.15. The lowest BCUT2D eigenvalue weighted by Gasteiger charge is -2.34. The number of aromatic nitrogens is 1. The van der Waals surface area contributed by atoms with Gasteiger partial charge in [-0.15, -0.1) is 11.3 Å². The van der Waals surface area contributed by atoms with Crippen LogP contribution in [0.25, 0.3) is 0 Å². The highest BCUT2D eigenvalue weighted by Crippen LogP contribution is 2.29. The van der Waals surface area contributed by atoms with Gasteiger partial charge in [-0.25, -0.2) is 4.98 Å². The number of ether oxygens (including phenoxy) is 1. The molecule has 0 bridgehead atoms. The predicted molar refractivity (Wildman–Crippen MR) is 75.0 cm³/mol. The summed E-state index contributed by atoms with van der Waals surface area (Å²) in [7, 11) is 1.97. The molecule has 1 aliphatic rings. The van der Waals surface area contributed by atoms with E-state index < -0.39 is 0 Å². The summed E-state index contributed by atoms with van der Waals surface area (Å²) in [6.07, 6.45) is 2.11. The highest BCUT2D eigenvalue weighted by molar-refractivity contribution is 7.11. The van der Waals surface area contributed by atoms with Gasteiger partial charge in [0.05, 0.1) is 6.61 Å². The molecule has 2 heterocycles. The van der Waals surface area contributed by atoms with Gasteiger partial charge in [0.2, 0.25) is 0 Å². The zero-order valence-corrected chi connectivity index (χ0v) is 12.5. The molecule has 102 valence electrons. The minimum Gasteiger partial charge on any atom is -0.368 e. The highest BCUT2D eigenvalue weighted by atomic mass is 32.1. The lowest BCUT2D eigenvalue weighted by atomic mass is 10.2. The van der Waals surface area contributed by atoms with Crippen LogP contribution in [0.1, 0.15) is 42.8 Å². The van der Waals surface area contributed by atoms with E-state index in [0.29, 0.717) is 12.1 Å². The van der Waals surface area contributed by atoms with Crippen LogP contribution in [-0.2, 0) is 4.74 Å². The van der Waals surface area contributed by atoms with Crippen molar-refractivity contribution in [1.82, 2.24) is 15.2 Å². The maximum Gasteiger partial charge on any atom is 0.123 e. The van der Waals surface area contributed by atoms with Gasteiger partial charge in [0.25, 0.3) is 0 Å². The Morgan fingerprint density at radius 1 is 1.50 bits per heavy atom. The van der Waals surface area contributed by atoms with Gasteiger partial charge in [-0.2, -0.15) is 0 Å². The molecular weight excluding hydrogens is 246 g/mol. The summed E-state index contributed by atoms with van der Waals surface area (Å²) >= 11 is 1.76. The van der Waals surface area contributed by atoms with E-state index in [-0.39, 0.29) is 6.10 Å². The second-order valence-electron chi connectivity index (χ2n) is 5.06. The van der Waals surface area contributed by atoms with Gasteiger partial charge in [-0.1, -0.05) is 0 Å². The highest BCUT2D eigenvalue weighted by Gasteiger charge is 2.26. The molecule has 0 aliphatic carbocycles. The van der Waals surface area contributed by atoms with Crippen molar-refractivity contribution in [3.8, 4) is 0 Å². The Labute approximate surface area is 113 Å². The lowest BCUT2D eigenvalue weighted by molar-refractivity contribution is -0.0402. The fraction of sp³-hybridized carbons (Fsp3) is 0.769. The number of nitrogens with zero attached hydrogens (tertiary/aromatic N) is 2. The van der Waals surface area contributed by atoms with E-state index >= 15 is 0 Å². The first-order valence-corrected chi connectivity index (χ1v) is 7.42. The molecule has 1 fully saturated rings. The lowest BCUT2D eigenvalue weighted by Crippen LogP contribution is -2.42. The third kappa shape index (κ3) is 3.09. The molecule has 0 saturated carbocycles. The molecule has 1 aromatic heterocycles. The van der Waals surface area contributed by atoms with Crippen molar-refractivity contribution in [3.63, 3.8) is 0 Å². The van der Waals surface area contributed by atoms with Crippen LogP contribution >= 0.6 is 11.3 Å². The number of hydrogen-bond donors (Lipinski definition) is 1. The van der Waals surface area contributed by atoms with Gasteiger partial charge >= 0.3 is 0 Å². The Kier molecular flexibility index (Phi) is 4.72. The molecule has 2 atom stereocenters. The van der Waals surface area contributed by atoms with Crippen molar-refractivity contribution in [1.29, 1.82) is 0 Å². The minimum absolute atomic E-state index is 0.143.